The monoisotopic (exact) mass is 415 g/mol. The molecule has 0 amide bonds. The van der Waals surface area contributed by atoms with E-state index in [4.69, 9.17) is 16.6 Å². The van der Waals surface area contributed by atoms with Crippen molar-refractivity contribution >= 4 is 23.0 Å². The highest BCUT2D eigenvalue weighted by atomic mass is 32.1. The van der Waals surface area contributed by atoms with Gasteiger partial charge in [-0.15, -0.1) is 0 Å². The number of hydrogen-bond donors (Lipinski definition) is 1. The van der Waals surface area contributed by atoms with Crippen LogP contribution in [0.2, 0.25) is 0 Å². The first-order chi connectivity index (χ1) is 14.7. The summed E-state index contributed by atoms with van der Waals surface area (Å²) in [7, 11) is 0. The van der Waals surface area contributed by atoms with Crippen LogP contribution in [-0.4, -0.2) is 10.1 Å². The number of hydrogen-bond acceptors (Lipinski definition) is 3. The first kappa shape index (κ1) is 18.5. The van der Waals surface area contributed by atoms with Crippen LogP contribution in [0.1, 0.15) is 23.5 Å². The van der Waals surface area contributed by atoms with E-state index >= 15 is 0 Å². The van der Waals surface area contributed by atoms with Crippen molar-refractivity contribution in [1.29, 1.82) is 0 Å². The van der Waals surface area contributed by atoms with Gasteiger partial charge in [-0.2, -0.15) is 0 Å². The van der Waals surface area contributed by atoms with Crippen molar-refractivity contribution in [1.82, 2.24) is 10.3 Å². The van der Waals surface area contributed by atoms with Crippen LogP contribution in [-0.2, 0) is 0 Å². The molecular weight excluding hydrogens is 397 g/mol. The Morgan fingerprint density at radius 1 is 0.900 bits per heavy atom. The summed E-state index contributed by atoms with van der Waals surface area (Å²) in [6.07, 6.45) is 1.77. The molecule has 2 atom stereocenters. The minimum absolute atomic E-state index is 0.175. The number of furan rings is 1. The van der Waals surface area contributed by atoms with Crippen molar-refractivity contribution in [2.45, 2.75) is 12.1 Å². The molecule has 0 aliphatic carbocycles. The number of rotatable bonds is 4. The first-order valence-electron chi connectivity index (χ1n) is 9.62. The van der Waals surface area contributed by atoms with E-state index in [1.807, 2.05) is 60.7 Å². The molecule has 148 valence electrons. The molecule has 1 aliphatic rings. The quantitative estimate of drug-likeness (QED) is 0.436. The third-order valence-corrected chi connectivity index (χ3v) is 5.49. The van der Waals surface area contributed by atoms with Gasteiger partial charge in [0.2, 0.25) is 0 Å². The summed E-state index contributed by atoms with van der Waals surface area (Å²) in [5, 5.41) is 4.02. The second kappa shape index (κ2) is 7.72. The van der Waals surface area contributed by atoms with E-state index in [1.54, 1.807) is 18.3 Å². The molecule has 4 nitrogen and oxygen atoms in total. The van der Waals surface area contributed by atoms with Gasteiger partial charge in [0.1, 0.15) is 23.4 Å². The molecule has 0 saturated carbocycles. The van der Waals surface area contributed by atoms with Gasteiger partial charge in [-0.25, -0.2) is 4.39 Å². The number of anilines is 1. The van der Waals surface area contributed by atoms with E-state index in [0.29, 0.717) is 10.9 Å². The van der Waals surface area contributed by atoms with Crippen LogP contribution in [0.3, 0.4) is 0 Å². The maximum absolute atomic E-state index is 13.3. The van der Waals surface area contributed by atoms with E-state index in [0.717, 1.165) is 22.7 Å². The molecule has 30 heavy (non-hydrogen) atoms. The lowest BCUT2D eigenvalue weighted by Crippen LogP contribution is -2.29. The summed E-state index contributed by atoms with van der Waals surface area (Å²) >= 11 is 5.69. The maximum atomic E-state index is 13.3. The van der Waals surface area contributed by atoms with Gasteiger partial charge < -0.3 is 14.6 Å². The van der Waals surface area contributed by atoms with E-state index in [-0.39, 0.29) is 17.9 Å². The Kier molecular flexibility index (Phi) is 4.77. The predicted molar refractivity (Wildman–Crippen MR) is 118 cm³/mol. The van der Waals surface area contributed by atoms with Crippen molar-refractivity contribution < 1.29 is 8.81 Å². The molecule has 1 saturated heterocycles. The van der Waals surface area contributed by atoms with Gasteiger partial charge in [-0.3, -0.25) is 4.98 Å². The topological polar surface area (TPSA) is 41.3 Å². The van der Waals surface area contributed by atoms with Gasteiger partial charge in [0.05, 0.1) is 11.7 Å². The number of aromatic nitrogens is 1. The molecular formula is C24H18FN3OS. The van der Waals surface area contributed by atoms with E-state index < -0.39 is 0 Å². The lowest BCUT2D eigenvalue weighted by atomic mass is 10.0. The van der Waals surface area contributed by atoms with Gasteiger partial charge in [0.15, 0.2) is 5.11 Å². The van der Waals surface area contributed by atoms with Gasteiger partial charge in [-0.1, -0.05) is 24.3 Å². The minimum Gasteiger partial charge on any atom is -0.459 e. The second-order valence-corrected chi connectivity index (χ2v) is 7.43. The summed E-state index contributed by atoms with van der Waals surface area (Å²) in [4.78, 5) is 6.60. The number of thiocarbonyl (C=S) groups is 1. The maximum Gasteiger partial charge on any atom is 0.174 e. The smallest absolute Gasteiger partial charge is 0.174 e. The highest BCUT2D eigenvalue weighted by Crippen LogP contribution is 2.42. The summed E-state index contributed by atoms with van der Waals surface area (Å²) in [5.41, 5.74) is 2.66. The van der Waals surface area contributed by atoms with Crippen molar-refractivity contribution in [3.8, 4) is 11.3 Å². The Labute approximate surface area is 179 Å². The number of para-hydroxylation sites is 1. The molecule has 1 fully saturated rings. The number of nitrogens with zero attached hydrogens (tertiary/aromatic N) is 2. The number of nitrogens with one attached hydrogen (secondary N) is 1. The fourth-order valence-electron chi connectivity index (χ4n) is 3.79. The second-order valence-electron chi connectivity index (χ2n) is 7.04. The molecule has 0 spiro atoms. The summed E-state index contributed by atoms with van der Waals surface area (Å²) in [6, 6.07) is 25.5. The molecule has 5 rings (SSSR count). The summed E-state index contributed by atoms with van der Waals surface area (Å²) in [5.74, 6) is 1.15. The lowest BCUT2D eigenvalue weighted by molar-refractivity contribution is 0.439. The average Bonchev–Trinajstić information content (AvgIpc) is 3.40. The van der Waals surface area contributed by atoms with Crippen LogP contribution in [0.4, 0.5) is 10.1 Å². The van der Waals surface area contributed by atoms with Crippen molar-refractivity contribution in [3.05, 3.63) is 108 Å². The zero-order valence-electron chi connectivity index (χ0n) is 15.9. The Bertz CT molecular complexity index is 1160. The molecule has 1 aliphatic heterocycles. The number of halogens is 1. The molecule has 4 aromatic rings. The third-order valence-electron chi connectivity index (χ3n) is 5.18. The van der Waals surface area contributed by atoms with E-state index in [9.17, 15) is 4.39 Å². The molecule has 3 heterocycles. The van der Waals surface area contributed by atoms with Crippen molar-refractivity contribution in [3.63, 3.8) is 0 Å². The lowest BCUT2D eigenvalue weighted by Gasteiger charge is -2.26. The Morgan fingerprint density at radius 3 is 2.40 bits per heavy atom. The predicted octanol–water partition coefficient (Wildman–Crippen LogP) is 5.66. The Morgan fingerprint density at radius 2 is 1.67 bits per heavy atom. The van der Waals surface area contributed by atoms with Gasteiger partial charge in [0.25, 0.3) is 0 Å². The highest BCUT2D eigenvalue weighted by molar-refractivity contribution is 7.80. The van der Waals surface area contributed by atoms with Crippen LogP contribution in [0, 0.1) is 5.82 Å². The van der Waals surface area contributed by atoms with Gasteiger partial charge in [-0.05, 0) is 72.9 Å². The molecule has 0 radical (unpaired) electrons. The molecule has 2 aromatic heterocycles. The number of pyridine rings is 1. The van der Waals surface area contributed by atoms with Crippen LogP contribution in [0.15, 0.2) is 95.5 Å². The fraction of sp³-hybridized carbons (Fsp3) is 0.0833. The SMILES string of the molecule is Fc1ccc(-c2ccc([C@@H]3[C@@H](c4ccccn4)NC(=S)N3c3ccccc3)o2)cc1. The van der Waals surface area contributed by atoms with Gasteiger partial charge in [0, 0.05) is 17.4 Å². The molecule has 6 heteroatoms. The molecule has 0 unspecified atom stereocenters. The Balaban J connectivity index is 1.59. The average molecular weight is 415 g/mol. The van der Waals surface area contributed by atoms with E-state index in [2.05, 4.69) is 15.2 Å². The molecule has 2 aromatic carbocycles. The molecule has 1 N–H and O–H groups in total. The van der Waals surface area contributed by atoms with Crippen LogP contribution in [0.25, 0.3) is 11.3 Å². The van der Waals surface area contributed by atoms with Crippen LogP contribution in [0.5, 0.6) is 0 Å². The number of benzene rings is 2. The Hall–Kier alpha value is -3.51. The zero-order valence-corrected chi connectivity index (χ0v) is 16.7. The molecule has 0 bridgehead atoms. The van der Waals surface area contributed by atoms with Crippen LogP contribution < -0.4 is 10.2 Å². The van der Waals surface area contributed by atoms with E-state index in [1.165, 1.54) is 12.1 Å². The standard InChI is InChI=1S/C24H18FN3OS/c25-17-11-9-16(10-12-17)20-13-14-21(29-20)23-22(19-8-4-5-15-26-19)27-24(30)28(23)18-6-2-1-3-7-18/h1-15,22-23H,(H,27,30)/t22-,23-/m1/s1. The third kappa shape index (κ3) is 3.35. The minimum atomic E-state index is -0.277. The van der Waals surface area contributed by atoms with Crippen LogP contribution >= 0.6 is 12.2 Å². The summed E-state index contributed by atoms with van der Waals surface area (Å²) < 4.78 is 19.6. The zero-order chi connectivity index (χ0) is 20.5. The van der Waals surface area contributed by atoms with Gasteiger partial charge >= 0.3 is 0 Å². The first-order valence-corrected chi connectivity index (χ1v) is 10.0. The van der Waals surface area contributed by atoms with Crippen molar-refractivity contribution in [2.24, 2.45) is 0 Å². The fourth-order valence-corrected chi connectivity index (χ4v) is 4.14. The largest absolute Gasteiger partial charge is 0.459 e. The highest BCUT2D eigenvalue weighted by Gasteiger charge is 2.42. The normalized spacial score (nSPS) is 18.4. The van der Waals surface area contributed by atoms with Crippen molar-refractivity contribution in [2.75, 3.05) is 4.90 Å². The summed E-state index contributed by atoms with van der Waals surface area (Å²) in [6.45, 7) is 0.